The Morgan fingerprint density at radius 2 is 1.62 bits per heavy atom. The van der Waals surface area contributed by atoms with Gasteiger partial charge in [-0.25, -0.2) is 21.6 Å². The molecule has 3 rings (SSSR count). The molecule has 0 bridgehead atoms. The molecule has 13 heteroatoms. The van der Waals surface area contributed by atoms with E-state index in [1.807, 2.05) is 32.6 Å². The van der Waals surface area contributed by atoms with Crippen LogP contribution < -0.4 is 14.5 Å². The molecular formula is C32H46N4O7S2. The van der Waals surface area contributed by atoms with E-state index in [0.717, 1.165) is 17.0 Å². The molecule has 1 saturated heterocycles. The van der Waals surface area contributed by atoms with Crippen molar-refractivity contribution in [3.63, 3.8) is 0 Å². The lowest BCUT2D eigenvalue weighted by Crippen LogP contribution is -2.50. The first-order valence-corrected chi connectivity index (χ1v) is 18.5. The zero-order valence-corrected chi connectivity index (χ0v) is 28.9. The van der Waals surface area contributed by atoms with E-state index in [4.69, 9.17) is 4.74 Å². The third kappa shape index (κ3) is 10.2. The van der Waals surface area contributed by atoms with Crippen LogP contribution in [0.1, 0.15) is 64.2 Å². The lowest BCUT2D eigenvalue weighted by Gasteiger charge is -2.37. The number of carbonyl (C=O) groups is 2. The number of piperazine rings is 1. The number of nitrogens with one attached hydrogen (secondary N) is 1. The van der Waals surface area contributed by atoms with E-state index in [-0.39, 0.29) is 28.0 Å². The third-order valence-electron chi connectivity index (χ3n) is 7.50. The van der Waals surface area contributed by atoms with E-state index in [2.05, 4.69) is 18.3 Å². The Bertz CT molecular complexity index is 1610. The van der Waals surface area contributed by atoms with Crippen molar-refractivity contribution in [2.45, 2.75) is 64.4 Å². The number of rotatable bonds is 11. The largest absolute Gasteiger partial charge is 0.444 e. The molecule has 1 aliphatic rings. The van der Waals surface area contributed by atoms with Gasteiger partial charge in [0.25, 0.3) is 5.91 Å². The summed E-state index contributed by atoms with van der Waals surface area (Å²) in [7, 11) is -5.79. The van der Waals surface area contributed by atoms with Crippen molar-refractivity contribution in [3.05, 3.63) is 59.7 Å². The van der Waals surface area contributed by atoms with Crippen molar-refractivity contribution in [1.82, 2.24) is 4.90 Å². The number of unbranched alkanes of at least 4 members (excludes halogenated alkanes) is 1. The lowest BCUT2D eigenvalue weighted by molar-refractivity contribution is 0.0240. The van der Waals surface area contributed by atoms with Crippen molar-refractivity contribution in [2.75, 3.05) is 59.8 Å². The Hall–Kier alpha value is -3.58. The van der Waals surface area contributed by atoms with Gasteiger partial charge in [0, 0.05) is 44.6 Å². The topological polar surface area (TPSA) is 133 Å². The summed E-state index contributed by atoms with van der Waals surface area (Å²) >= 11 is 0. The molecule has 1 fully saturated rings. The smallest absolute Gasteiger partial charge is 0.410 e. The van der Waals surface area contributed by atoms with Gasteiger partial charge in [0.2, 0.25) is 10.0 Å². The van der Waals surface area contributed by atoms with E-state index in [9.17, 15) is 26.4 Å². The molecule has 2 amide bonds. The average Bonchev–Trinajstić information content (AvgIpc) is 2.97. The number of hydrogen-bond donors (Lipinski definition) is 1. The molecule has 0 aliphatic carbocycles. The molecule has 0 unspecified atom stereocenters. The molecule has 1 N–H and O–H groups in total. The zero-order valence-electron chi connectivity index (χ0n) is 27.3. The number of allylic oxidation sites excluding steroid dienone is 2. The van der Waals surface area contributed by atoms with Gasteiger partial charge in [-0.3, -0.25) is 9.10 Å². The number of carbonyl (C=O) groups excluding carboxylic acids is 2. The molecule has 0 spiro atoms. The molecule has 11 nitrogen and oxygen atoms in total. The van der Waals surface area contributed by atoms with Crippen LogP contribution in [-0.2, 0) is 24.6 Å². The Morgan fingerprint density at radius 1 is 1.00 bits per heavy atom. The summed E-state index contributed by atoms with van der Waals surface area (Å²) in [5, 5.41) is 2.78. The fourth-order valence-corrected chi connectivity index (χ4v) is 6.51. The van der Waals surface area contributed by atoms with Gasteiger partial charge in [-0.1, -0.05) is 18.6 Å². The fraction of sp³-hybridized carbons (Fsp3) is 0.500. The maximum Gasteiger partial charge on any atom is 0.410 e. The van der Waals surface area contributed by atoms with Gasteiger partial charge in [0.15, 0.2) is 9.84 Å². The SMILES string of the molecule is CC/C(C)=C\CCCS(=O)(=O)c1ccc(NC(=O)c2cc(N3CCN(C(=O)OC(C)(C)C)CC3)ccc2N(C)S(C)(=O)=O)cc1. The molecular weight excluding hydrogens is 617 g/mol. The van der Waals surface area contributed by atoms with Gasteiger partial charge in [0.1, 0.15) is 5.60 Å². The Balaban J connectivity index is 1.78. The second kappa shape index (κ2) is 14.7. The van der Waals surface area contributed by atoms with E-state index >= 15 is 0 Å². The van der Waals surface area contributed by atoms with Gasteiger partial charge < -0.3 is 19.9 Å². The first kappa shape index (κ1) is 35.9. The van der Waals surface area contributed by atoms with Crippen molar-refractivity contribution < 1.29 is 31.2 Å². The molecule has 0 radical (unpaired) electrons. The van der Waals surface area contributed by atoms with Crippen LogP contribution >= 0.6 is 0 Å². The Morgan fingerprint density at radius 3 is 2.18 bits per heavy atom. The first-order valence-electron chi connectivity index (χ1n) is 15.0. The minimum absolute atomic E-state index is 0.0201. The minimum atomic E-state index is -3.68. The lowest BCUT2D eigenvalue weighted by atomic mass is 10.1. The first-order chi connectivity index (χ1) is 20.9. The molecule has 2 aromatic rings. The van der Waals surface area contributed by atoms with Crippen molar-refractivity contribution in [2.24, 2.45) is 0 Å². The van der Waals surface area contributed by atoms with Crippen molar-refractivity contribution >= 4 is 48.9 Å². The van der Waals surface area contributed by atoms with E-state index in [1.165, 1.54) is 36.9 Å². The second-order valence-corrected chi connectivity index (χ2v) is 16.4. The maximum absolute atomic E-state index is 13.6. The third-order valence-corrected chi connectivity index (χ3v) is 10.5. The van der Waals surface area contributed by atoms with Crippen LogP contribution in [0.5, 0.6) is 0 Å². The quantitative estimate of drug-likeness (QED) is 0.253. The maximum atomic E-state index is 13.6. The van der Waals surface area contributed by atoms with Crippen molar-refractivity contribution in [1.29, 1.82) is 0 Å². The van der Waals surface area contributed by atoms with Crippen LogP contribution in [0.3, 0.4) is 0 Å². The Labute approximate surface area is 268 Å². The van der Waals surface area contributed by atoms with Gasteiger partial charge in [-0.05, 0) is 89.4 Å². The number of ether oxygens (including phenoxy) is 1. The van der Waals surface area contributed by atoms with Crippen LogP contribution in [-0.4, -0.2) is 84.6 Å². The normalized spacial score (nSPS) is 14.7. The summed E-state index contributed by atoms with van der Waals surface area (Å²) in [5.41, 5.74) is 2.01. The summed E-state index contributed by atoms with van der Waals surface area (Å²) in [6.07, 6.45) is 4.87. The molecule has 0 saturated carbocycles. The van der Waals surface area contributed by atoms with Crippen LogP contribution in [0.25, 0.3) is 0 Å². The summed E-state index contributed by atoms with van der Waals surface area (Å²) in [5.74, 6) is -0.532. The van der Waals surface area contributed by atoms with Crippen LogP contribution in [0.4, 0.5) is 21.9 Å². The standard InChI is InChI=1S/C32H46N4O7S2/c1-8-24(2)11-9-10-22-45(41,42)27-15-12-25(13-16-27)33-30(37)28-23-26(14-17-29(28)34(6)44(7,39)40)35-18-20-36(21-19-35)31(38)43-32(3,4)5/h11-17,23H,8-10,18-22H2,1-7H3,(H,33,37)/b24-11-. The summed E-state index contributed by atoms with van der Waals surface area (Å²) in [6.45, 7) is 11.3. The van der Waals surface area contributed by atoms with Gasteiger partial charge in [-0.2, -0.15) is 0 Å². The molecule has 1 heterocycles. The number of sulfonamides is 1. The molecule has 0 atom stereocenters. The van der Waals surface area contributed by atoms with E-state index in [1.54, 1.807) is 23.1 Å². The molecule has 45 heavy (non-hydrogen) atoms. The summed E-state index contributed by atoms with van der Waals surface area (Å²) in [6, 6.07) is 10.9. The summed E-state index contributed by atoms with van der Waals surface area (Å²) < 4.78 is 57.0. The molecule has 0 aromatic heterocycles. The fourth-order valence-electron chi connectivity index (χ4n) is 4.66. The highest BCUT2D eigenvalue weighted by Crippen LogP contribution is 2.29. The van der Waals surface area contributed by atoms with E-state index < -0.39 is 31.4 Å². The van der Waals surface area contributed by atoms with Crippen molar-refractivity contribution in [3.8, 4) is 0 Å². The van der Waals surface area contributed by atoms with Gasteiger partial charge in [-0.15, -0.1) is 0 Å². The van der Waals surface area contributed by atoms with Crippen LogP contribution in [0, 0.1) is 0 Å². The molecule has 2 aromatic carbocycles. The highest BCUT2D eigenvalue weighted by Gasteiger charge is 2.27. The average molecular weight is 663 g/mol. The zero-order chi connectivity index (χ0) is 33.6. The van der Waals surface area contributed by atoms with Crippen LogP contribution in [0.15, 0.2) is 59.0 Å². The highest BCUT2D eigenvalue weighted by molar-refractivity contribution is 7.92. The van der Waals surface area contributed by atoms with Gasteiger partial charge in [0.05, 0.1) is 28.2 Å². The molecule has 248 valence electrons. The monoisotopic (exact) mass is 662 g/mol. The number of benzene rings is 2. The number of hydrogen-bond acceptors (Lipinski definition) is 8. The number of nitrogens with zero attached hydrogens (tertiary/aromatic N) is 3. The predicted molar refractivity (Wildman–Crippen MR) is 179 cm³/mol. The van der Waals surface area contributed by atoms with E-state index in [0.29, 0.717) is 50.4 Å². The minimum Gasteiger partial charge on any atom is -0.444 e. The number of sulfone groups is 1. The second-order valence-electron chi connectivity index (χ2n) is 12.2. The van der Waals surface area contributed by atoms with Crippen LogP contribution in [0.2, 0.25) is 0 Å². The number of anilines is 3. The summed E-state index contributed by atoms with van der Waals surface area (Å²) in [4.78, 5) is 29.9. The predicted octanol–water partition coefficient (Wildman–Crippen LogP) is 5.30. The van der Waals surface area contributed by atoms with Gasteiger partial charge >= 0.3 is 6.09 Å². The molecule has 1 aliphatic heterocycles. The number of amides is 2. The highest BCUT2D eigenvalue weighted by atomic mass is 32.2. The Kier molecular flexibility index (Phi) is 11.7.